The van der Waals surface area contributed by atoms with Gasteiger partial charge in [0, 0.05) is 11.3 Å². The second-order valence-electron chi connectivity index (χ2n) is 9.45. The van der Waals surface area contributed by atoms with Crippen molar-refractivity contribution < 1.29 is 9.84 Å². The lowest BCUT2D eigenvalue weighted by Crippen LogP contribution is -2.64. The molecule has 6 rings (SSSR count). The van der Waals surface area contributed by atoms with Crippen LogP contribution in [0.25, 0.3) is 0 Å². The summed E-state index contributed by atoms with van der Waals surface area (Å²) >= 11 is 0. The van der Waals surface area contributed by atoms with Gasteiger partial charge in [-0.15, -0.1) is 17.0 Å². The summed E-state index contributed by atoms with van der Waals surface area (Å²) in [4.78, 5) is 2.56. The van der Waals surface area contributed by atoms with Crippen LogP contribution in [0.3, 0.4) is 0 Å². The van der Waals surface area contributed by atoms with Crippen molar-refractivity contribution >= 4 is 17.0 Å². The van der Waals surface area contributed by atoms with E-state index in [0.29, 0.717) is 6.61 Å². The number of benzene rings is 3. The van der Waals surface area contributed by atoms with Gasteiger partial charge in [0.25, 0.3) is 0 Å². The van der Waals surface area contributed by atoms with E-state index in [0.717, 1.165) is 44.5 Å². The third kappa shape index (κ3) is 4.54. The lowest BCUT2D eigenvalue weighted by Gasteiger charge is -2.60. The summed E-state index contributed by atoms with van der Waals surface area (Å²) in [5.74, 6) is -0.0386. The van der Waals surface area contributed by atoms with Crippen molar-refractivity contribution in [3.8, 4) is 0 Å². The van der Waals surface area contributed by atoms with Crippen LogP contribution < -0.4 is 0 Å². The molecule has 0 radical (unpaired) electrons. The number of piperidine rings is 3. The number of ether oxygens (including phenoxy) is 1. The molecular formula is C29H34BrNO2. The molecule has 3 aromatic carbocycles. The summed E-state index contributed by atoms with van der Waals surface area (Å²) in [6.45, 7) is 3.78. The fraction of sp³-hybridized carbons (Fsp3) is 0.379. The van der Waals surface area contributed by atoms with E-state index in [-0.39, 0.29) is 34.9 Å². The first kappa shape index (κ1) is 24.2. The molecule has 33 heavy (non-hydrogen) atoms. The first-order valence-corrected chi connectivity index (χ1v) is 11.9. The van der Waals surface area contributed by atoms with Crippen LogP contribution in [0.15, 0.2) is 91.0 Å². The molecule has 2 bridgehead atoms. The summed E-state index contributed by atoms with van der Waals surface area (Å²) in [7, 11) is 0. The van der Waals surface area contributed by atoms with E-state index in [1.54, 1.807) is 0 Å². The molecule has 1 atom stereocenters. The number of aliphatic hydroxyl groups excluding tert-OH is 1. The number of nitrogens with zero attached hydrogens (tertiary/aromatic N) is 1. The Hall–Kier alpha value is -1.98. The quantitative estimate of drug-likeness (QED) is 0.416. The van der Waals surface area contributed by atoms with Gasteiger partial charge in [-0.3, -0.25) is 0 Å². The third-order valence-corrected chi connectivity index (χ3v) is 7.92. The molecule has 0 amide bonds. The average Bonchev–Trinajstić information content (AvgIpc) is 2.89. The summed E-state index contributed by atoms with van der Waals surface area (Å²) in [6, 6.07) is 31.7. The number of rotatable bonds is 8. The highest BCUT2D eigenvalue weighted by Crippen LogP contribution is 2.57. The minimum absolute atomic E-state index is 0. The number of hydrogen-bond donors (Lipinski definition) is 1. The molecule has 4 heteroatoms. The molecular weight excluding hydrogens is 474 g/mol. The van der Waals surface area contributed by atoms with Gasteiger partial charge in [-0.1, -0.05) is 91.0 Å². The maximum Gasteiger partial charge on any atom is 0.108 e. The summed E-state index contributed by atoms with van der Waals surface area (Å²) in [6.07, 6.45) is 3.20. The normalized spacial score (nSPS) is 23.6. The fourth-order valence-electron chi connectivity index (χ4n) is 6.12. The zero-order valence-corrected chi connectivity index (χ0v) is 20.8. The van der Waals surface area contributed by atoms with Crippen molar-refractivity contribution in [3.05, 3.63) is 108 Å². The van der Waals surface area contributed by atoms with Gasteiger partial charge < -0.3 is 14.7 Å². The van der Waals surface area contributed by atoms with Gasteiger partial charge in [0.15, 0.2) is 0 Å². The van der Waals surface area contributed by atoms with Gasteiger partial charge in [-0.05, 0) is 55.6 Å². The standard InChI is InChI=1S/C29H33NO2.BrH/c31-23-29(32-22-24-10-4-1-5-11-24,28-16-19-30(20-17-28)21-18-28)27(25-12-6-2-7-13-25)26-14-8-3-9-15-26;/h1-15,27,31H,16-23H2;1H. The van der Waals surface area contributed by atoms with Crippen LogP contribution in [-0.4, -0.2) is 41.8 Å². The van der Waals surface area contributed by atoms with Crippen molar-refractivity contribution in [3.63, 3.8) is 0 Å². The Balaban J connectivity index is 0.00000259. The van der Waals surface area contributed by atoms with Gasteiger partial charge in [-0.25, -0.2) is 0 Å². The van der Waals surface area contributed by atoms with Crippen LogP contribution in [0, 0.1) is 5.41 Å². The monoisotopic (exact) mass is 507 g/mol. The molecule has 1 N–H and O–H groups in total. The number of halogens is 1. The van der Waals surface area contributed by atoms with E-state index in [2.05, 4.69) is 89.8 Å². The lowest BCUT2D eigenvalue weighted by atomic mass is 9.55. The molecule has 3 aliphatic heterocycles. The predicted octanol–water partition coefficient (Wildman–Crippen LogP) is 5.83. The second-order valence-corrected chi connectivity index (χ2v) is 9.45. The Labute approximate surface area is 208 Å². The third-order valence-electron chi connectivity index (χ3n) is 7.92. The van der Waals surface area contributed by atoms with Crippen LogP contribution >= 0.6 is 17.0 Å². The molecule has 3 fully saturated rings. The minimum atomic E-state index is -0.696. The Morgan fingerprint density at radius 2 is 1.21 bits per heavy atom. The van der Waals surface area contributed by atoms with E-state index >= 15 is 0 Å². The van der Waals surface area contributed by atoms with Crippen LogP contribution in [0.4, 0.5) is 0 Å². The summed E-state index contributed by atoms with van der Waals surface area (Å²) in [5.41, 5.74) is 2.82. The maximum absolute atomic E-state index is 11.3. The van der Waals surface area contributed by atoms with Crippen molar-refractivity contribution in [2.24, 2.45) is 5.41 Å². The Bertz CT molecular complexity index is 937. The highest BCUT2D eigenvalue weighted by molar-refractivity contribution is 8.93. The van der Waals surface area contributed by atoms with Crippen molar-refractivity contribution in [2.75, 3.05) is 26.2 Å². The van der Waals surface area contributed by atoms with E-state index in [4.69, 9.17) is 4.74 Å². The van der Waals surface area contributed by atoms with E-state index in [1.165, 1.54) is 11.1 Å². The molecule has 0 aromatic heterocycles. The number of aliphatic hydroxyl groups is 1. The van der Waals surface area contributed by atoms with Crippen LogP contribution in [-0.2, 0) is 11.3 Å². The molecule has 0 aliphatic carbocycles. The molecule has 3 aliphatic rings. The molecule has 3 heterocycles. The van der Waals surface area contributed by atoms with Crippen LogP contribution in [0.5, 0.6) is 0 Å². The first-order chi connectivity index (χ1) is 15.8. The van der Waals surface area contributed by atoms with E-state index in [1.807, 2.05) is 6.07 Å². The Morgan fingerprint density at radius 1 is 0.758 bits per heavy atom. The van der Waals surface area contributed by atoms with Crippen LogP contribution in [0.1, 0.15) is 41.9 Å². The van der Waals surface area contributed by atoms with Crippen LogP contribution in [0.2, 0.25) is 0 Å². The first-order valence-electron chi connectivity index (χ1n) is 11.9. The van der Waals surface area contributed by atoms with Gasteiger partial charge >= 0.3 is 0 Å². The lowest BCUT2D eigenvalue weighted by molar-refractivity contribution is -0.210. The zero-order valence-electron chi connectivity index (χ0n) is 19.1. The molecule has 174 valence electrons. The highest BCUT2D eigenvalue weighted by atomic mass is 79.9. The Kier molecular flexibility index (Phi) is 7.70. The summed E-state index contributed by atoms with van der Waals surface area (Å²) in [5, 5.41) is 11.3. The highest BCUT2D eigenvalue weighted by Gasteiger charge is 2.59. The molecule has 0 saturated carbocycles. The molecule has 3 nitrogen and oxygen atoms in total. The predicted molar refractivity (Wildman–Crippen MR) is 139 cm³/mol. The second kappa shape index (κ2) is 10.5. The van der Waals surface area contributed by atoms with Crippen molar-refractivity contribution in [1.29, 1.82) is 0 Å². The average molecular weight is 509 g/mol. The molecule has 0 spiro atoms. The smallest absolute Gasteiger partial charge is 0.108 e. The zero-order chi connectivity index (χ0) is 21.9. The van der Waals surface area contributed by atoms with Gasteiger partial charge in [0.2, 0.25) is 0 Å². The fourth-order valence-corrected chi connectivity index (χ4v) is 6.12. The molecule has 3 aromatic rings. The van der Waals surface area contributed by atoms with Crippen molar-refractivity contribution in [1.82, 2.24) is 4.90 Å². The maximum atomic E-state index is 11.3. The Morgan fingerprint density at radius 3 is 1.67 bits per heavy atom. The molecule has 3 saturated heterocycles. The number of fused-ring (bicyclic) bond motifs is 3. The van der Waals surface area contributed by atoms with Gasteiger partial charge in [0.1, 0.15) is 5.60 Å². The van der Waals surface area contributed by atoms with Crippen molar-refractivity contribution in [2.45, 2.75) is 37.4 Å². The van der Waals surface area contributed by atoms with Gasteiger partial charge in [-0.2, -0.15) is 0 Å². The topological polar surface area (TPSA) is 32.7 Å². The molecule has 1 unspecified atom stereocenters. The van der Waals surface area contributed by atoms with Gasteiger partial charge in [0.05, 0.1) is 13.2 Å². The summed E-state index contributed by atoms with van der Waals surface area (Å²) < 4.78 is 7.03. The number of hydrogen-bond acceptors (Lipinski definition) is 3. The SMILES string of the molecule is Br.OCC(OCc1ccccc1)(C(c1ccccc1)c1ccccc1)C12CCN(CC1)CC2. The minimum Gasteiger partial charge on any atom is -0.393 e. The van der Waals surface area contributed by atoms with E-state index in [9.17, 15) is 5.11 Å². The largest absolute Gasteiger partial charge is 0.393 e. The van der Waals surface area contributed by atoms with E-state index < -0.39 is 5.60 Å².